The molecule has 21 heavy (non-hydrogen) atoms. The third kappa shape index (κ3) is 3.55. The van der Waals surface area contributed by atoms with Crippen LogP contribution in [-0.4, -0.2) is 15.5 Å². The van der Waals surface area contributed by atoms with Gasteiger partial charge in [-0.05, 0) is 41.8 Å². The van der Waals surface area contributed by atoms with Gasteiger partial charge in [-0.1, -0.05) is 32.0 Å². The molecule has 0 aromatic heterocycles. The Hall–Kier alpha value is -2.01. The van der Waals surface area contributed by atoms with Gasteiger partial charge in [-0.2, -0.15) is 0 Å². The first-order valence-corrected chi connectivity index (χ1v) is 8.32. The molecule has 0 heterocycles. The fourth-order valence-electron chi connectivity index (χ4n) is 2.10. The third-order valence-corrected chi connectivity index (χ3v) is 4.66. The van der Waals surface area contributed by atoms with Gasteiger partial charge in [0.25, 0.3) is 10.0 Å². The molecule has 112 valence electrons. The molecule has 0 bridgehead atoms. The van der Waals surface area contributed by atoms with Crippen LogP contribution in [0, 0.1) is 0 Å². The zero-order valence-electron chi connectivity index (χ0n) is 12.4. The molecule has 2 aromatic carbocycles. The highest BCUT2D eigenvalue weighted by Gasteiger charge is 2.16. The molecular weight excluding hydrogens is 284 g/mol. The summed E-state index contributed by atoms with van der Waals surface area (Å²) in [7, 11) is -1.78. The average Bonchev–Trinajstić information content (AvgIpc) is 2.47. The van der Waals surface area contributed by atoms with E-state index in [1.165, 1.54) is 0 Å². The lowest BCUT2D eigenvalue weighted by molar-refractivity contribution is 0.601. The molecule has 0 unspecified atom stereocenters. The number of anilines is 2. The Balaban J connectivity index is 2.33. The van der Waals surface area contributed by atoms with Crippen molar-refractivity contribution in [3.05, 3.63) is 54.1 Å². The number of para-hydroxylation sites is 1. The highest BCUT2D eigenvalue weighted by atomic mass is 32.2. The minimum absolute atomic E-state index is 0.246. The van der Waals surface area contributed by atoms with Gasteiger partial charge in [0.1, 0.15) is 0 Å². The molecular formula is C16H20N2O2S. The van der Waals surface area contributed by atoms with E-state index in [2.05, 4.69) is 10.0 Å². The van der Waals surface area contributed by atoms with Crippen LogP contribution in [0.25, 0.3) is 0 Å². The summed E-state index contributed by atoms with van der Waals surface area (Å²) in [6.45, 7) is 4.07. The number of hydrogen-bond donors (Lipinski definition) is 2. The summed E-state index contributed by atoms with van der Waals surface area (Å²) in [5, 5.41) is 2.96. The molecule has 2 N–H and O–H groups in total. The molecule has 0 fully saturated rings. The van der Waals surface area contributed by atoms with Gasteiger partial charge in [0.05, 0.1) is 10.6 Å². The van der Waals surface area contributed by atoms with Crippen LogP contribution in [0.15, 0.2) is 53.4 Å². The summed E-state index contributed by atoms with van der Waals surface area (Å²) in [4.78, 5) is 0.250. The average molecular weight is 304 g/mol. The lowest BCUT2D eigenvalue weighted by Gasteiger charge is -2.15. The minimum Gasteiger partial charge on any atom is -0.388 e. The molecule has 0 aliphatic carbocycles. The van der Waals surface area contributed by atoms with Crippen molar-refractivity contribution in [2.24, 2.45) is 0 Å². The van der Waals surface area contributed by atoms with E-state index in [1.54, 1.807) is 37.4 Å². The molecule has 0 saturated heterocycles. The lowest BCUT2D eigenvalue weighted by Crippen LogP contribution is -2.14. The Bertz CT molecular complexity index is 707. The first kappa shape index (κ1) is 15.4. The quantitative estimate of drug-likeness (QED) is 0.886. The van der Waals surface area contributed by atoms with Crippen LogP contribution >= 0.6 is 0 Å². The second-order valence-electron chi connectivity index (χ2n) is 5.12. The van der Waals surface area contributed by atoms with Crippen LogP contribution in [0.4, 0.5) is 11.4 Å². The first-order chi connectivity index (χ1) is 9.94. The van der Waals surface area contributed by atoms with Crippen molar-refractivity contribution in [1.82, 2.24) is 0 Å². The second kappa shape index (κ2) is 6.18. The predicted molar refractivity (Wildman–Crippen MR) is 87.3 cm³/mol. The molecule has 0 aliphatic rings. The van der Waals surface area contributed by atoms with Crippen LogP contribution in [0.2, 0.25) is 0 Å². The molecule has 0 radical (unpaired) electrons. The number of rotatable bonds is 5. The van der Waals surface area contributed by atoms with Gasteiger partial charge >= 0.3 is 0 Å². The van der Waals surface area contributed by atoms with Crippen LogP contribution in [-0.2, 0) is 10.0 Å². The smallest absolute Gasteiger partial charge is 0.261 e. The highest BCUT2D eigenvalue weighted by molar-refractivity contribution is 7.92. The highest BCUT2D eigenvalue weighted by Crippen LogP contribution is 2.26. The predicted octanol–water partition coefficient (Wildman–Crippen LogP) is 3.65. The fraction of sp³-hybridized carbons (Fsp3) is 0.250. The first-order valence-electron chi connectivity index (χ1n) is 6.83. The zero-order valence-corrected chi connectivity index (χ0v) is 13.2. The van der Waals surface area contributed by atoms with Crippen molar-refractivity contribution in [2.45, 2.75) is 24.7 Å². The maximum Gasteiger partial charge on any atom is 0.261 e. The van der Waals surface area contributed by atoms with Crippen molar-refractivity contribution in [3.8, 4) is 0 Å². The Morgan fingerprint density at radius 1 is 0.952 bits per heavy atom. The van der Waals surface area contributed by atoms with E-state index in [0.29, 0.717) is 5.69 Å². The van der Waals surface area contributed by atoms with Crippen LogP contribution in [0.1, 0.15) is 25.3 Å². The SMILES string of the molecule is CNc1ccc(S(=O)(=O)Nc2ccccc2C(C)C)cc1. The third-order valence-electron chi connectivity index (χ3n) is 3.28. The van der Waals surface area contributed by atoms with Crippen molar-refractivity contribution < 1.29 is 8.42 Å². The topological polar surface area (TPSA) is 58.2 Å². The van der Waals surface area contributed by atoms with Gasteiger partial charge in [-0.3, -0.25) is 4.72 Å². The molecule has 0 aliphatic heterocycles. The molecule has 4 nitrogen and oxygen atoms in total. The van der Waals surface area contributed by atoms with E-state index < -0.39 is 10.0 Å². The van der Waals surface area contributed by atoms with Crippen LogP contribution in [0.3, 0.4) is 0 Å². The number of sulfonamides is 1. The van der Waals surface area contributed by atoms with E-state index in [-0.39, 0.29) is 10.8 Å². The summed E-state index contributed by atoms with van der Waals surface area (Å²) in [6.07, 6.45) is 0. The van der Waals surface area contributed by atoms with Crippen molar-refractivity contribution in [3.63, 3.8) is 0 Å². The van der Waals surface area contributed by atoms with E-state index in [4.69, 9.17) is 0 Å². The van der Waals surface area contributed by atoms with Crippen molar-refractivity contribution in [1.29, 1.82) is 0 Å². The Morgan fingerprint density at radius 2 is 1.57 bits per heavy atom. The zero-order chi connectivity index (χ0) is 15.5. The molecule has 0 spiro atoms. The maximum atomic E-state index is 12.4. The maximum absolute atomic E-state index is 12.4. The summed E-state index contributed by atoms with van der Waals surface area (Å²) in [5.74, 6) is 0.246. The van der Waals surface area contributed by atoms with Gasteiger partial charge in [0.15, 0.2) is 0 Å². The Morgan fingerprint density at radius 3 is 2.14 bits per heavy atom. The summed E-state index contributed by atoms with van der Waals surface area (Å²) < 4.78 is 27.6. The van der Waals surface area contributed by atoms with Gasteiger partial charge in [0, 0.05) is 12.7 Å². The van der Waals surface area contributed by atoms with Gasteiger partial charge in [-0.15, -0.1) is 0 Å². The van der Waals surface area contributed by atoms with E-state index in [1.807, 2.05) is 32.0 Å². The molecule has 0 atom stereocenters. The number of nitrogens with one attached hydrogen (secondary N) is 2. The monoisotopic (exact) mass is 304 g/mol. The van der Waals surface area contributed by atoms with Crippen LogP contribution < -0.4 is 10.0 Å². The fourth-order valence-corrected chi connectivity index (χ4v) is 3.19. The summed E-state index contributed by atoms with van der Waals surface area (Å²) >= 11 is 0. The Labute approximate surface area is 126 Å². The molecule has 2 rings (SSSR count). The van der Waals surface area contributed by atoms with Crippen LogP contribution in [0.5, 0.6) is 0 Å². The van der Waals surface area contributed by atoms with E-state index >= 15 is 0 Å². The van der Waals surface area contributed by atoms with Crippen molar-refractivity contribution in [2.75, 3.05) is 17.1 Å². The number of hydrogen-bond acceptors (Lipinski definition) is 3. The second-order valence-corrected chi connectivity index (χ2v) is 6.80. The largest absolute Gasteiger partial charge is 0.388 e. The molecule has 2 aromatic rings. The molecule has 0 amide bonds. The molecule has 5 heteroatoms. The molecule has 0 saturated carbocycles. The van der Waals surface area contributed by atoms with Crippen molar-refractivity contribution >= 4 is 21.4 Å². The Kier molecular flexibility index (Phi) is 4.53. The normalized spacial score (nSPS) is 11.4. The summed E-state index contributed by atoms with van der Waals surface area (Å²) in [5.41, 5.74) is 2.48. The van der Waals surface area contributed by atoms with Gasteiger partial charge in [0.2, 0.25) is 0 Å². The van der Waals surface area contributed by atoms with Gasteiger partial charge < -0.3 is 5.32 Å². The van der Waals surface area contributed by atoms with E-state index in [0.717, 1.165) is 11.3 Å². The standard InChI is InChI=1S/C16H20N2O2S/c1-12(2)15-6-4-5-7-16(15)18-21(19,20)14-10-8-13(17-3)9-11-14/h4-12,17-18H,1-3H3. The lowest BCUT2D eigenvalue weighted by atomic mass is 10.0. The van der Waals surface area contributed by atoms with E-state index in [9.17, 15) is 8.42 Å². The number of benzene rings is 2. The van der Waals surface area contributed by atoms with Gasteiger partial charge in [-0.25, -0.2) is 8.42 Å². The minimum atomic E-state index is -3.57. The summed E-state index contributed by atoms with van der Waals surface area (Å²) in [6, 6.07) is 14.1.